The number of carbonyl (C=O) groups is 1. The van der Waals surface area contributed by atoms with Crippen LogP contribution < -0.4 is 0 Å². The number of nitrogens with one attached hydrogen (secondary N) is 1. The fourth-order valence-corrected chi connectivity index (χ4v) is 4.09. The van der Waals surface area contributed by atoms with Gasteiger partial charge in [0.1, 0.15) is 11.7 Å². The van der Waals surface area contributed by atoms with E-state index in [1.807, 2.05) is 12.1 Å². The number of H-pyrrole nitrogens is 1. The van der Waals surface area contributed by atoms with Crippen LogP contribution in [0.3, 0.4) is 0 Å². The van der Waals surface area contributed by atoms with Crippen LogP contribution in [0.4, 0.5) is 0 Å². The maximum Gasteiger partial charge on any atom is 0.312 e. The van der Waals surface area contributed by atoms with Gasteiger partial charge in [0.25, 0.3) is 5.89 Å². The number of hydrogen-bond acceptors (Lipinski definition) is 8. The van der Waals surface area contributed by atoms with E-state index in [0.29, 0.717) is 29.4 Å². The summed E-state index contributed by atoms with van der Waals surface area (Å²) in [5, 5.41) is 13.1. The van der Waals surface area contributed by atoms with Crippen LogP contribution in [0.1, 0.15) is 33.8 Å². The summed E-state index contributed by atoms with van der Waals surface area (Å²) in [6.45, 7) is 0.420. The molecule has 0 saturated heterocycles. The van der Waals surface area contributed by atoms with Crippen LogP contribution in [-0.4, -0.2) is 57.1 Å². The van der Waals surface area contributed by atoms with Crippen molar-refractivity contribution in [2.24, 2.45) is 0 Å². The second-order valence-electron chi connectivity index (χ2n) is 7.18. The first-order valence-electron chi connectivity index (χ1n) is 9.76. The van der Waals surface area contributed by atoms with Crippen LogP contribution in [0.2, 0.25) is 5.02 Å². The normalized spacial score (nSPS) is 15.8. The molecule has 0 saturated carbocycles. The number of imidazole rings is 1. The van der Waals surface area contributed by atoms with Crippen LogP contribution in [-0.2, 0) is 6.42 Å². The Bertz CT molecular complexity index is 1440. The third-order valence-electron chi connectivity index (χ3n) is 5.33. The Kier molecular flexibility index (Phi) is 4.21. The average molecular weight is 448 g/mol. The highest BCUT2D eigenvalue weighted by atomic mass is 35.5. The van der Waals surface area contributed by atoms with E-state index in [-0.39, 0.29) is 11.8 Å². The molecule has 0 aliphatic carbocycles. The molecule has 11 nitrogen and oxygen atoms in total. The zero-order valence-electron chi connectivity index (χ0n) is 16.4. The summed E-state index contributed by atoms with van der Waals surface area (Å²) in [6, 6.07) is 4.91. The molecular formula is C20H14ClN9O2. The van der Waals surface area contributed by atoms with Gasteiger partial charge in [0.15, 0.2) is 0 Å². The highest BCUT2D eigenvalue weighted by Crippen LogP contribution is 2.35. The SMILES string of the molecule is O=C(c1nnc(-c2cnccn2)o1)N1CCc2[nH]cnc2[C@H]1c1cc2c(Cl)cccn2n1. The molecule has 32 heavy (non-hydrogen) atoms. The van der Waals surface area contributed by atoms with Crippen molar-refractivity contribution in [1.29, 1.82) is 0 Å². The third kappa shape index (κ3) is 2.94. The summed E-state index contributed by atoms with van der Waals surface area (Å²) in [7, 11) is 0. The molecule has 1 amide bonds. The number of fused-ring (bicyclic) bond motifs is 2. The Balaban J connectivity index is 1.41. The molecule has 6 heterocycles. The number of halogens is 1. The van der Waals surface area contributed by atoms with Crippen molar-refractivity contribution >= 4 is 23.0 Å². The minimum Gasteiger partial charge on any atom is -0.411 e. The fraction of sp³-hybridized carbons (Fsp3) is 0.150. The van der Waals surface area contributed by atoms with Gasteiger partial charge in [0.2, 0.25) is 0 Å². The van der Waals surface area contributed by atoms with Crippen LogP contribution in [0.25, 0.3) is 17.1 Å². The van der Waals surface area contributed by atoms with Crippen LogP contribution in [0.5, 0.6) is 0 Å². The molecule has 5 aromatic rings. The quantitative estimate of drug-likeness (QED) is 0.446. The van der Waals surface area contributed by atoms with E-state index in [0.717, 1.165) is 16.9 Å². The van der Waals surface area contributed by atoms with Gasteiger partial charge in [-0.2, -0.15) is 5.10 Å². The van der Waals surface area contributed by atoms with Gasteiger partial charge in [-0.25, -0.2) is 14.5 Å². The molecule has 0 fully saturated rings. The topological polar surface area (TPSA) is 131 Å². The molecular weight excluding hydrogens is 434 g/mol. The molecule has 1 atom stereocenters. The van der Waals surface area contributed by atoms with E-state index >= 15 is 0 Å². The first-order chi connectivity index (χ1) is 15.7. The number of amides is 1. The lowest BCUT2D eigenvalue weighted by atomic mass is 9.99. The first-order valence-corrected chi connectivity index (χ1v) is 10.1. The van der Waals surface area contributed by atoms with Crippen LogP contribution in [0.15, 0.2) is 53.7 Å². The summed E-state index contributed by atoms with van der Waals surface area (Å²) in [4.78, 5) is 30.8. The summed E-state index contributed by atoms with van der Waals surface area (Å²) in [6.07, 6.45) is 8.56. The van der Waals surface area contributed by atoms with Crippen molar-refractivity contribution in [3.63, 3.8) is 0 Å². The van der Waals surface area contributed by atoms with Crippen molar-refractivity contribution in [1.82, 2.24) is 44.6 Å². The van der Waals surface area contributed by atoms with E-state index in [1.165, 1.54) is 18.6 Å². The predicted molar refractivity (Wildman–Crippen MR) is 111 cm³/mol. The van der Waals surface area contributed by atoms with Gasteiger partial charge in [0, 0.05) is 37.3 Å². The number of nitrogens with zero attached hydrogens (tertiary/aromatic N) is 8. The molecule has 5 aromatic heterocycles. The Morgan fingerprint density at radius 2 is 2.19 bits per heavy atom. The van der Waals surface area contributed by atoms with E-state index in [2.05, 4.69) is 35.2 Å². The number of rotatable bonds is 3. The van der Waals surface area contributed by atoms with Crippen LogP contribution >= 0.6 is 11.6 Å². The molecule has 1 aliphatic rings. The van der Waals surface area contributed by atoms with Gasteiger partial charge in [-0.15, -0.1) is 10.2 Å². The fourth-order valence-electron chi connectivity index (χ4n) is 3.87. The minimum atomic E-state index is -0.541. The Morgan fingerprint density at radius 3 is 3.03 bits per heavy atom. The number of aromatic amines is 1. The highest BCUT2D eigenvalue weighted by molar-refractivity contribution is 6.33. The maximum atomic E-state index is 13.4. The number of aromatic nitrogens is 8. The molecule has 6 rings (SSSR count). The monoisotopic (exact) mass is 447 g/mol. The van der Waals surface area contributed by atoms with Gasteiger partial charge in [-0.05, 0) is 18.2 Å². The lowest BCUT2D eigenvalue weighted by Crippen LogP contribution is -2.41. The Morgan fingerprint density at radius 1 is 1.25 bits per heavy atom. The molecule has 0 radical (unpaired) electrons. The van der Waals surface area contributed by atoms with Gasteiger partial charge >= 0.3 is 11.8 Å². The first kappa shape index (κ1) is 18.6. The number of pyridine rings is 1. The van der Waals surface area contributed by atoms with Gasteiger partial charge < -0.3 is 14.3 Å². The van der Waals surface area contributed by atoms with Crippen molar-refractivity contribution in [3.05, 3.63) is 77.3 Å². The molecule has 0 unspecified atom stereocenters. The van der Waals surface area contributed by atoms with Crippen molar-refractivity contribution in [2.45, 2.75) is 12.5 Å². The van der Waals surface area contributed by atoms with Crippen molar-refractivity contribution in [3.8, 4) is 11.6 Å². The summed E-state index contributed by atoms with van der Waals surface area (Å²) >= 11 is 6.34. The standard InChI is InChI=1S/C20H14ClN9O2/c21-11-2-1-6-30-15(11)8-13(28-30)17-16-12(24-10-25-16)3-7-29(17)20(31)19-27-26-18(32-19)14-9-22-4-5-23-14/h1-2,4-6,8-10,17H,3,7H2,(H,24,25)/t17-/m1/s1. The van der Waals surface area contributed by atoms with Gasteiger partial charge in [0.05, 0.1) is 34.5 Å². The van der Waals surface area contributed by atoms with Crippen molar-refractivity contribution < 1.29 is 9.21 Å². The van der Waals surface area contributed by atoms with E-state index in [4.69, 9.17) is 16.0 Å². The number of carbonyl (C=O) groups excluding carboxylic acids is 1. The molecule has 1 N–H and O–H groups in total. The Labute approximate surface area is 185 Å². The van der Waals surface area contributed by atoms with E-state index in [1.54, 1.807) is 28.0 Å². The Hall–Kier alpha value is -4.12. The zero-order chi connectivity index (χ0) is 21.7. The summed E-state index contributed by atoms with van der Waals surface area (Å²) < 4.78 is 7.31. The maximum absolute atomic E-state index is 13.4. The zero-order valence-corrected chi connectivity index (χ0v) is 17.1. The molecule has 158 valence electrons. The summed E-state index contributed by atoms with van der Waals surface area (Å²) in [5.41, 5.74) is 3.43. The number of hydrogen-bond donors (Lipinski definition) is 1. The molecule has 1 aliphatic heterocycles. The van der Waals surface area contributed by atoms with Crippen LogP contribution in [0, 0.1) is 0 Å². The van der Waals surface area contributed by atoms with Gasteiger partial charge in [-0.1, -0.05) is 11.6 Å². The minimum absolute atomic E-state index is 0.120. The second kappa shape index (κ2) is 7.24. The predicted octanol–water partition coefficient (Wildman–Crippen LogP) is 2.34. The van der Waals surface area contributed by atoms with E-state index < -0.39 is 11.9 Å². The molecule has 0 spiro atoms. The molecule has 0 aromatic carbocycles. The lowest BCUT2D eigenvalue weighted by Gasteiger charge is -2.32. The average Bonchev–Trinajstić information content (AvgIpc) is 3.58. The van der Waals surface area contributed by atoms with Crippen molar-refractivity contribution in [2.75, 3.05) is 6.54 Å². The second-order valence-corrected chi connectivity index (χ2v) is 7.58. The summed E-state index contributed by atoms with van der Waals surface area (Å²) in [5.74, 6) is -0.444. The molecule has 0 bridgehead atoms. The third-order valence-corrected chi connectivity index (χ3v) is 5.65. The smallest absolute Gasteiger partial charge is 0.312 e. The van der Waals surface area contributed by atoms with E-state index in [9.17, 15) is 4.79 Å². The largest absolute Gasteiger partial charge is 0.411 e. The highest BCUT2D eigenvalue weighted by Gasteiger charge is 2.38. The van der Waals surface area contributed by atoms with Gasteiger partial charge in [-0.3, -0.25) is 9.78 Å². The lowest BCUT2D eigenvalue weighted by molar-refractivity contribution is 0.0646. The molecule has 12 heteroatoms.